The van der Waals surface area contributed by atoms with Crippen molar-refractivity contribution in [1.82, 2.24) is 4.90 Å². The first-order chi connectivity index (χ1) is 12.2. The SMILES string of the molecule is CCOOCC1(CO[Si](C)(C)C(C)(C)C)CCN(CC(=O)OC(C)(C)C)C1. The highest BCUT2D eigenvalue weighted by molar-refractivity contribution is 6.74. The van der Waals surface area contributed by atoms with Crippen LogP contribution in [0.3, 0.4) is 0 Å². The standard InChI is InChI=1S/C20H41NO5Si/c1-10-23-24-15-20(16-25-27(8,9)19(5,6)7)11-12-21(14-20)13-17(22)26-18(2,3)4/h10-16H2,1-9H3. The molecule has 1 atom stereocenters. The Bertz CT molecular complexity index is 484. The van der Waals surface area contributed by atoms with Crippen molar-refractivity contribution in [3.05, 3.63) is 0 Å². The third kappa shape index (κ3) is 8.19. The van der Waals surface area contributed by atoms with Crippen molar-refractivity contribution in [3.63, 3.8) is 0 Å². The van der Waals surface area contributed by atoms with Crippen molar-refractivity contribution in [2.45, 2.75) is 78.6 Å². The van der Waals surface area contributed by atoms with Crippen LogP contribution in [0, 0.1) is 5.41 Å². The van der Waals surface area contributed by atoms with E-state index in [9.17, 15) is 4.79 Å². The molecule has 0 aliphatic carbocycles. The van der Waals surface area contributed by atoms with Gasteiger partial charge in [0.15, 0.2) is 8.32 Å². The summed E-state index contributed by atoms with van der Waals surface area (Å²) in [7, 11) is -1.86. The Hall–Kier alpha value is -0.473. The fraction of sp³-hybridized carbons (Fsp3) is 0.950. The normalized spacial score (nSPS) is 22.3. The molecule has 7 heteroatoms. The van der Waals surface area contributed by atoms with E-state index in [4.69, 9.17) is 18.9 Å². The number of hydrogen-bond acceptors (Lipinski definition) is 6. The molecule has 1 aliphatic heterocycles. The number of carbonyl (C=O) groups is 1. The molecule has 1 heterocycles. The van der Waals surface area contributed by atoms with Gasteiger partial charge in [0.2, 0.25) is 0 Å². The van der Waals surface area contributed by atoms with Crippen LogP contribution in [0.2, 0.25) is 18.1 Å². The van der Waals surface area contributed by atoms with Gasteiger partial charge < -0.3 is 9.16 Å². The van der Waals surface area contributed by atoms with Crippen molar-refractivity contribution in [1.29, 1.82) is 0 Å². The van der Waals surface area contributed by atoms with Gasteiger partial charge in [-0.15, -0.1) is 0 Å². The first-order valence-electron chi connectivity index (χ1n) is 10.0. The van der Waals surface area contributed by atoms with Crippen LogP contribution >= 0.6 is 0 Å². The number of nitrogens with zero attached hydrogens (tertiary/aromatic N) is 1. The van der Waals surface area contributed by atoms with Gasteiger partial charge in [-0.05, 0) is 58.8 Å². The van der Waals surface area contributed by atoms with Crippen molar-refractivity contribution in [2.24, 2.45) is 5.41 Å². The lowest BCUT2D eigenvalue weighted by molar-refractivity contribution is -0.307. The van der Waals surface area contributed by atoms with Gasteiger partial charge >= 0.3 is 5.97 Å². The second-order valence-electron chi connectivity index (χ2n) is 10.3. The number of rotatable bonds is 9. The van der Waals surface area contributed by atoms with Gasteiger partial charge in [-0.3, -0.25) is 9.69 Å². The minimum atomic E-state index is -1.86. The summed E-state index contributed by atoms with van der Waals surface area (Å²) in [5.41, 5.74) is -0.621. The number of carbonyl (C=O) groups excluding carboxylic acids is 1. The number of ether oxygens (including phenoxy) is 1. The van der Waals surface area contributed by atoms with Gasteiger partial charge in [-0.2, -0.15) is 0 Å². The molecule has 0 aromatic carbocycles. The average Bonchev–Trinajstić information content (AvgIpc) is 2.86. The van der Waals surface area contributed by atoms with Crippen LogP contribution in [0.25, 0.3) is 0 Å². The Labute approximate surface area is 166 Å². The molecule has 1 aliphatic rings. The molecule has 0 spiro atoms. The summed E-state index contributed by atoms with van der Waals surface area (Å²) >= 11 is 0. The highest BCUT2D eigenvalue weighted by Crippen LogP contribution is 2.39. The van der Waals surface area contributed by atoms with Crippen LogP contribution in [0.15, 0.2) is 0 Å². The third-order valence-corrected chi connectivity index (χ3v) is 9.88. The van der Waals surface area contributed by atoms with Crippen LogP contribution in [-0.4, -0.2) is 64.2 Å². The number of likely N-dealkylation sites (tertiary alicyclic amines) is 1. The first-order valence-corrected chi connectivity index (χ1v) is 12.9. The van der Waals surface area contributed by atoms with Crippen LogP contribution < -0.4 is 0 Å². The molecule has 1 fully saturated rings. The molecule has 6 nitrogen and oxygen atoms in total. The van der Waals surface area contributed by atoms with Crippen LogP contribution in [0.1, 0.15) is 54.9 Å². The third-order valence-electron chi connectivity index (χ3n) is 5.40. The van der Waals surface area contributed by atoms with Crippen LogP contribution in [-0.2, 0) is 23.7 Å². The summed E-state index contributed by atoms with van der Waals surface area (Å²) in [4.78, 5) is 24.9. The van der Waals surface area contributed by atoms with Crippen LogP contribution in [0.4, 0.5) is 0 Å². The molecule has 0 bridgehead atoms. The highest BCUT2D eigenvalue weighted by Gasteiger charge is 2.44. The lowest BCUT2D eigenvalue weighted by Gasteiger charge is -2.39. The van der Waals surface area contributed by atoms with E-state index in [0.717, 1.165) is 19.5 Å². The topological polar surface area (TPSA) is 57.2 Å². The fourth-order valence-corrected chi connectivity index (χ4v) is 3.90. The molecule has 0 saturated carbocycles. The van der Waals surface area contributed by atoms with E-state index in [1.807, 2.05) is 27.7 Å². The Morgan fingerprint density at radius 2 is 1.70 bits per heavy atom. The molecule has 0 aromatic rings. The number of esters is 1. The van der Waals surface area contributed by atoms with E-state index in [2.05, 4.69) is 38.8 Å². The maximum Gasteiger partial charge on any atom is 0.320 e. The number of hydrogen-bond donors (Lipinski definition) is 0. The lowest BCUT2D eigenvalue weighted by Crippen LogP contribution is -2.46. The molecule has 1 saturated heterocycles. The summed E-state index contributed by atoms with van der Waals surface area (Å²) in [6, 6.07) is 0. The zero-order valence-electron chi connectivity index (χ0n) is 18.9. The van der Waals surface area contributed by atoms with E-state index in [1.165, 1.54) is 0 Å². The zero-order valence-corrected chi connectivity index (χ0v) is 19.9. The van der Waals surface area contributed by atoms with E-state index >= 15 is 0 Å². The molecule has 0 amide bonds. The van der Waals surface area contributed by atoms with Gasteiger partial charge in [0, 0.05) is 18.6 Å². The van der Waals surface area contributed by atoms with Gasteiger partial charge in [-0.25, -0.2) is 9.78 Å². The predicted octanol–water partition coefficient (Wildman–Crippen LogP) is 4.01. The fourth-order valence-electron chi connectivity index (χ4n) is 2.80. The maximum absolute atomic E-state index is 12.2. The van der Waals surface area contributed by atoms with E-state index < -0.39 is 13.9 Å². The molecule has 0 radical (unpaired) electrons. The van der Waals surface area contributed by atoms with Gasteiger partial charge in [0.05, 0.1) is 19.8 Å². The molecule has 1 unspecified atom stereocenters. The monoisotopic (exact) mass is 403 g/mol. The Morgan fingerprint density at radius 3 is 2.22 bits per heavy atom. The quantitative estimate of drug-likeness (QED) is 0.191. The molecule has 1 rings (SSSR count). The van der Waals surface area contributed by atoms with Crippen molar-refractivity contribution < 1.29 is 23.7 Å². The molecule has 27 heavy (non-hydrogen) atoms. The van der Waals surface area contributed by atoms with Gasteiger partial charge in [-0.1, -0.05) is 20.8 Å². The van der Waals surface area contributed by atoms with Gasteiger partial charge in [0.1, 0.15) is 5.60 Å². The van der Waals surface area contributed by atoms with E-state index in [0.29, 0.717) is 26.4 Å². The highest BCUT2D eigenvalue weighted by atomic mass is 28.4. The molecular weight excluding hydrogens is 362 g/mol. The zero-order chi connectivity index (χ0) is 20.9. The summed E-state index contributed by atoms with van der Waals surface area (Å²) in [6.45, 7) is 22.3. The van der Waals surface area contributed by atoms with Crippen molar-refractivity contribution in [2.75, 3.05) is 39.5 Å². The predicted molar refractivity (Wildman–Crippen MR) is 110 cm³/mol. The lowest BCUT2D eigenvalue weighted by atomic mass is 9.89. The smallest absolute Gasteiger partial charge is 0.320 e. The van der Waals surface area contributed by atoms with Gasteiger partial charge in [0.25, 0.3) is 0 Å². The van der Waals surface area contributed by atoms with Crippen molar-refractivity contribution >= 4 is 14.3 Å². The molecule has 0 N–H and O–H groups in total. The maximum atomic E-state index is 12.2. The summed E-state index contributed by atoms with van der Waals surface area (Å²) in [5.74, 6) is -0.186. The Kier molecular flexibility index (Phi) is 8.51. The largest absolute Gasteiger partial charge is 0.459 e. The summed E-state index contributed by atoms with van der Waals surface area (Å²) in [5, 5.41) is 0.157. The second-order valence-corrected chi connectivity index (χ2v) is 15.1. The molecule has 160 valence electrons. The molecule has 0 aromatic heterocycles. The van der Waals surface area contributed by atoms with E-state index in [-0.39, 0.29) is 16.4 Å². The minimum absolute atomic E-state index is 0.157. The minimum Gasteiger partial charge on any atom is -0.459 e. The summed E-state index contributed by atoms with van der Waals surface area (Å²) < 4.78 is 12.0. The average molecular weight is 404 g/mol. The van der Waals surface area contributed by atoms with E-state index in [1.54, 1.807) is 0 Å². The van der Waals surface area contributed by atoms with Crippen molar-refractivity contribution in [3.8, 4) is 0 Å². The molecular formula is C20H41NO5Si. The second kappa shape index (κ2) is 9.35. The van der Waals surface area contributed by atoms with Crippen LogP contribution in [0.5, 0.6) is 0 Å². The Morgan fingerprint density at radius 1 is 1.07 bits per heavy atom. The summed E-state index contributed by atoms with van der Waals surface area (Å²) in [6.07, 6.45) is 0.914. The Balaban J connectivity index is 2.73. The first kappa shape index (κ1) is 24.6.